The smallest absolute Gasteiger partial charge is 0.327 e. The van der Waals surface area contributed by atoms with E-state index in [2.05, 4.69) is 10.6 Å². The Kier molecular flexibility index (Phi) is 6.97. The molecule has 3 fully saturated rings. The van der Waals surface area contributed by atoms with E-state index in [9.17, 15) is 19.2 Å². The largest absolute Gasteiger partial charge is 0.465 e. The lowest BCUT2D eigenvalue weighted by Gasteiger charge is -2.37. The number of hydrogen-bond donors (Lipinski definition) is 2. The summed E-state index contributed by atoms with van der Waals surface area (Å²) in [5.74, 6) is -2.24. The van der Waals surface area contributed by atoms with Crippen LogP contribution in [0.15, 0.2) is 0 Å². The average Bonchev–Trinajstić information content (AvgIpc) is 3.18. The molecule has 1 aliphatic carbocycles. The summed E-state index contributed by atoms with van der Waals surface area (Å²) in [5, 5.41) is 6.51. The summed E-state index contributed by atoms with van der Waals surface area (Å²) in [6, 6.07) is -1.74. The summed E-state index contributed by atoms with van der Waals surface area (Å²) in [4.78, 5) is 48.3. The summed E-state index contributed by atoms with van der Waals surface area (Å²) in [5.41, 5.74) is 0. The first-order valence-corrected chi connectivity index (χ1v) is 10.5. The number of carbonyl (C=O) groups excluding carboxylic acids is 4. The van der Waals surface area contributed by atoms with Gasteiger partial charge in [0.05, 0.1) is 13.2 Å². The van der Waals surface area contributed by atoms with E-state index < -0.39 is 48.2 Å². The molecule has 2 saturated heterocycles. The van der Waals surface area contributed by atoms with E-state index in [-0.39, 0.29) is 37.1 Å². The molecule has 8 atom stereocenters. The molecule has 1 saturated carbocycles. The van der Waals surface area contributed by atoms with Crippen LogP contribution < -0.4 is 10.6 Å². The van der Waals surface area contributed by atoms with Crippen molar-refractivity contribution in [1.82, 2.24) is 10.6 Å². The second-order valence-electron chi connectivity index (χ2n) is 7.95. The lowest BCUT2D eigenvalue weighted by atomic mass is 9.73. The summed E-state index contributed by atoms with van der Waals surface area (Å²) in [7, 11) is 0. The van der Waals surface area contributed by atoms with Crippen LogP contribution in [0.25, 0.3) is 0 Å². The quantitative estimate of drug-likeness (QED) is 0.431. The van der Waals surface area contributed by atoms with Crippen molar-refractivity contribution in [1.29, 1.82) is 0 Å². The van der Waals surface area contributed by atoms with Gasteiger partial charge in [0, 0.05) is 37.8 Å². The highest BCUT2D eigenvalue weighted by Gasteiger charge is 2.59. The molecule has 168 valence electrons. The van der Waals surface area contributed by atoms with Gasteiger partial charge in [0.25, 0.3) is 0 Å². The molecule has 0 bridgehead atoms. The molecule has 10 nitrogen and oxygen atoms in total. The van der Waals surface area contributed by atoms with Gasteiger partial charge in [-0.3, -0.25) is 29.8 Å². The minimum atomic E-state index is -0.754. The van der Waals surface area contributed by atoms with E-state index in [0.29, 0.717) is 12.8 Å². The van der Waals surface area contributed by atoms with Crippen molar-refractivity contribution >= 4 is 23.9 Å². The fourth-order valence-electron chi connectivity index (χ4n) is 5.08. The second kappa shape index (κ2) is 9.30. The Labute approximate surface area is 175 Å². The SMILES string of the molecule is CCOC(=O)C1NC2CC3NC(C(=O)OCC)C(OC(C)=O)C3CC2C1OC(C)=O. The van der Waals surface area contributed by atoms with Crippen LogP contribution in [0.4, 0.5) is 0 Å². The summed E-state index contributed by atoms with van der Waals surface area (Å²) in [6.07, 6.45) is -0.285. The summed E-state index contributed by atoms with van der Waals surface area (Å²) >= 11 is 0. The molecular weight excluding hydrogens is 396 g/mol. The van der Waals surface area contributed by atoms with Crippen LogP contribution in [0.3, 0.4) is 0 Å². The van der Waals surface area contributed by atoms with Gasteiger partial charge in [-0.05, 0) is 26.7 Å². The van der Waals surface area contributed by atoms with E-state index in [1.165, 1.54) is 13.8 Å². The molecule has 2 aliphatic heterocycles. The van der Waals surface area contributed by atoms with Crippen LogP contribution in [0, 0.1) is 11.8 Å². The molecule has 10 heteroatoms. The van der Waals surface area contributed by atoms with Gasteiger partial charge in [0.2, 0.25) is 0 Å². The molecule has 2 heterocycles. The van der Waals surface area contributed by atoms with Crippen LogP contribution in [-0.4, -0.2) is 73.5 Å². The molecule has 0 aromatic rings. The van der Waals surface area contributed by atoms with Gasteiger partial charge in [-0.1, -0.05) is 0 Å². The first-order chi connectivity index (χ1) is 14.3. The third kappa shape index (κ3) is 4.44. The standard InChI is InChI=1S/C20H30N2O8/c1-5-27-19(25)15-17(29-9(3)23)11-7-12-14(8-13(11)21-15)22-16(20(26)28-6-2)18(12)30-10(4)24/h11-18,21-22H,5-8H2,1-4H3. The fraction of sp³-hybridized carbons (Fsp3) is 0.800. The maximum atomic E-state index is 12.4. The van der Waals surface area contributed by atoms with Gasteiger partial charge >= 0.3 is 23.9 Å². The van der Waals surface area contributed by atoms with Gasteiger partial charge < -0.3 is 18.9 Å². The van der Waals surface area contributed by atoms with Crippen molar-refractivity contribution in [3.05, 3.63) is 0 Å². The molecule has 8 unspecified atom stereocenters. The third-order valence-corrected chi connectivity index (χ3v) is 6.06. The maximum Gasteiger partial charge on any atom is 0.327 e. The Morgan fingerprint density at radius 3 is 1.47 bits per heavy atom. The molecule has 0 aromatic carbocycles. The highest BCUT2D eigenvalue weighted by atomic mass is 16.6. The zero-order valence-corrected chi connectivity index (χ0v) is 17.7. The van der Waals surface area contributed by atoms with Crippen molar-refractivity contribution < 1.29 is 38.1 Å². The van der Waals surface area contributed by atoms with Crippen LogP contribution in [0.2, 0.25) is 0 Å². The first kappa shape index (κ1) is 22.5. The Morgan fingerprint density at radius 1 is 0.733 bits per heavy atom. The van der Waals surface area contributed by atoms with Gasteiger partial charge in [-0.15, -0.1) is 0 Å². The maximum absolute atomic E-state index is 12.4. The Balaban J connectivity index is 1.83. The number of fused-ring (bicyclic) bond motifs is 2. The van der Waals surface area contributed by atoms with E-state index in [1.54, 1.807) is 13.8 Å². The molecule has 0 amide bonds. The van der Waals surface area contributed by atoms with Crippen molar-refractivity contribution in [2.24, 2.45) is 11.8 Å². The summed E-state index contributed by atoms with van der Waals surface area (Å²) in [6.45, 7) is 6.49. The van der Waals surface area contributed by atoms with Crippen LogP contribution in [0.1, 0.15) is 40.5 Å². The fourth-order valence-corrected chi connectivity index (χ4v) is 5.08. The minimum absolute atomic E-state index is 0.114. The molecule has 30 heavy (non-hydrogen) atoms. The van der Waals surface area contributed by atoms with Gasteiger partial charge in [0.15, 0.2) is 0 Å². The van der Waals surface area contributed by atoms with E-state index in [4.69, 9.17) is 18.9 Å². The van der Waals surface area contributed by atoms with Crippen molar-refractivity contribution in [3.8, 4) is 0 Å². The number of ether oxygens (including phenoxy) is 4. The monoisotopic (exact) mass is 426 g/mol. The number of esters is 4. The zero-order chi connectivity index (χ0) is 22.0. The van der Waals surface area contributed by atoms with Crippen LogP contribution in [-0.2, 0) is 38.1 Å². The number of rotatable bonds is 6. The highest BCUT2D eigenvalue weighted by Crippen LogP contribution is 2.44. The van der Waals surface area contributed by atoms with Crippen molar-refractivity contribution in [2.75, 3.05) is 13.2 Å². The highest BCUT2D eigenvalue weighted by molar-refractivity contribution is 5.79. The van der Waals surface area contributed by atoms with Gasteiger partial charge in [-0.2, -0.15) is 0 Å². The molecule has 0 spiro atoms. The Bertz CT molecular complexity index is 642. The Hall–Kier alpha value is -2.20. The minimum Gasteiger partial charge on any atom is -0.465 e. The predicted octanol–water partition coefficient (Wildman–Crippen LogP) is -0.317. The van der Waals surface area contributed by atoms with E-state index >= 15 is 0 Å². The molecular formula is C20H30N2O8. The number of carbonyl (C=O) groups is 4. The molecule has 3 aliphatic rings. The van der Waals surface area contributed by atoms with Crippen molar-refractivity contribution in [2.45, 2.75) is 76.9 Å². The lowest BCUT2D eigenvalue weighted by Crippen LogP contribution is -2.46. The zero-order valence-electron chi connectivity index (χ0n) is 17.7. The normalized spacial score (nSPS) is 36.9. The second-order valence-corrected chi connectivity index (χ2v) is 7.95. The molecule has 2 N–H and O–H groups in total. The topological polar surface area (TPSA) is 129 Å². The summed E-state index contributed by atoms with van der Waals surface area (Å²) < 4.78 is 21.3. The Morgan fingerprint density at radius 2 is 1.13 bits per heavy atom. The average molecular weight is 426 g/mol. The molecule has 3 rings (SSSR count). The van der Waals surface area contributed by atoms with Gasteiger partial charge in [-0.25, -0.2) is 0 Å². The van der Waals surface area contributed by atoms with Crippen LogP contribution >= 0.6 is 0 Å². The van der Waals surface area contributed by atoms with Crippen molar-refractivity contribution in [3.63, 3.8) is 0 Å². The van der Waals surface area contributed by atoms with E-state index in [0.717, 1.165) is 0 Å². The van der Waals surface area contributed by atoms with Crippen LogP contribution in [0.5, 0.6) is 0 Å². The number of hydrogen-bond acceptors (Lipinski definition) is 10. The molecule has 0 radical (unpaired) electrons. The van der Waals surface area contributed by atoms with E-state index in [1.807, 2.05) is 0 Å². The molecule has 0 aromatic heterocycles. The predicted molar refractivity (Wildman–Crippen MR) is 102 cm³/mol. The number of nitrogens with one attached hydrogen (secondary N) is 2. The first-order valence-electron chi connectivity index (χ1n) is 10.5. The lowest BCUT2D eigenvalue weighted by molar-refractivity contribution is -0.157. The van der Waals surface area contributed by atoms with Gasteiger partial charge in [0.1, 0.15) is 24.3 Å². The third-order valence-electron chi connectivity index (χ3n) is 6.06.